The van der Waals surface area contributed by atoms with Crippen molar-refractivity contribution >= 4 is 5.69 Å². The Bertz CT molecular complexity index is 279. The summed E-state index contributed by atoms with van der Waals surface area (Å²) in [5.41, 5.74) is 2.73. The third kappa shape index (κ3) is 4.23. The Hall–Kier alpha value is -1.02. The number of rotatable bonds is 7. The molecule has 2 nitrogen and oxygen atoms in total. The van der Waals surface area contributed by atoms with Gasteiger partial charge in [-0.05, 0) is 50.6 Å². The van der Waals surface area contributed by atoms with Crippen LogP contribution in [0.25, 0.3) is 0 Å². The van der Waals surface area contributed by atoms with Crippen molar-refractivity contribution in [2.75, 3.05) is 32.1 Å². The molecule has 0 saturated carbocycles. The summed E-state index contributed by atoms with van der Waals surface area (Å²) in [6, 6.07) is 8.88. The normalized spacial score (nSPS) is 10.4. The summed E-state index contributed by atoms with van der Waals surface area (Å²) in [6.45, 7) is 4.44. The second-order valence-electron chi connectivity index (χ2n) is 4.25. The van der Waals surface area contributed by atoms with Crippen LogP contribution in [-0.2, 0) is 6.42 Å². The van der Waals surface area contributed by atoms with Gasteiger partial charge in [-0.15, -0.1) is 0 Å². The molecule has 16 heavy (non-hydrogen) atoms. The number of aryl methyl sites for hydroxylation is 1. The van der Waals surface area contributed by atoms with Gasteiger partial charge in [0.1, 0.15) is 0 Å². The number of anilines is 1. The molecule has 0 heterocycles. The highest BCUT2D eigenvalue weighted by Gasteiger charge is 1.99. The van der Waals surface area contributed by atoms with Crippen molar-refractivity contribution in [3.8, 4) is 0 Å². The van der Waals surface area contributed by atoms with Gasteiger partial charge in [0.05, 0.1) is 0 Å². The molecule has 0 unspecified atom stereocenters. The molecule has 1 aromatic rings. The molecule has 0 aliphatic heterocycles. The lowest BCUT2D eigenvalue weighted by Gasteiger charge is -2.19. The molecular formula is C14H24N2. The quantitative estimate of drug-likeness (QED) is 0.711. The van der Waals surface area contributed by atoms with E-state index < -0.39 is 0 Å². The lowest BCUT2D eigenvalue weighted by molar-refractivity contribution is 0.671. The maximum Gasteiger partial charge on any atom is 0.0363 e. The minimum absolute atomic E-state index is 1.11. The summed E-state index contributed by atoms with van der Waals surface area (Å²) in [4.78, 5) is 2.33. The highest BCUT2D eigenvalue weighted by molar-refractivity contribution is 5.46. The molecule has 0 spiro atoms. The summed E-state index contributed by atoms with van der Waals surface area (Å²) in [6.07, 6.45) is 3.60. The monoisotopic (exact) mass is 220 g/mol. The predicted octanol–water partition coefficient (Wildman–Crippen LogP) is 2.68. The van der Waals surface area contributed by atoms with E-state index in [-0.39, 0.29) is 0 Å². The molecule has 1 N–H and O–H groups in total. The standard InChI is InChI=1S/C14H24N2/c1-4-13-7-9-14(10-8-13)16(3)12-6-5-11-15-2/h7-10,15H,4-6,11-12H2,1-3H3. The first kappa shape index (κ1) is 13.0. The van der Waals surface area contributed by atoms with E-state index in [1.54, 1.807) is 0 Å². The topological polar surface area (TPSA) is 15.3 Å². The largest absolute Gasteiger partial charge is 0.375 e. The molecule has 1 aromatic carbocycles. The lowest BCUT2D eigenvalue weighted by atomic mass is 10.1. The smallest absolute Gasteiger partial charge is 0.0363 e. The third-order valence-electron chi connectivity index (χ3n) is 2.96. The van der Waals surface area contributed by atoms with E-state index in [0.717, 1.165) is 19.5 Å². The zero-order chi connectivity index (χ0) is 11.8. The molecule has 0 amide bonds. The number of hydrogen-bond donors (Lipinski definition) is 1. The van der Waals surface area contributed by atoms with E-state index in [9.17, 15) is 0 Å². The first-order valence-corrected chi connectivity index (χ1v) is 6.22. The van der Waals surface area contributed by atoms with E-state index in [2.05, 4.69) is 48.5 Å². The van der Waals surface area contributed by atoms with E-state index in [1.165, 1.54) is 24.1 Å². The van der Waals surface area contributed by atoms with Crippen LogP contribution in [0.3, 0.4) is 0 Å². The number of nitrogens with zero attached hydrogens (tertiary/aromatic N) is 1. The fourth-order valence-electron chi connectivity index (χ4n) is 1.77. The minimum atomic E-state index is 1.11. The van der Waals surface area contributed by atoms with Crippen LogP contribution in [-0.4, -0.2) is 27.2 Å². The second kappa shape index (κ2) is 7.29. The molecule has 90 valence electrons. The second-order valence-corrected chi connectivity index (χ2v) is 4.25. The summed E-state index contributed by atoms with van der Waals surface area (Å²) in [5, 5.41) is 3.18. The van der Waals surface area contributed by atoms with Gasteiger partial charge in [0.25, 0.3) is 0 Å². The third-order valence-corrected chi connectivity index (χ3v) is 2.96. The van der Waals surface area contributed by atoms with Gasteiger partial charge in [0.2, 0.25) is 0 Å². The molecule has 0 aliphatic carbocycles. The highest BCUT2D eigenvalue weighted by atomic mass is 15.1. The highest BCUT2D eigenvalue weighted by Crippen LogP contribution is 2.14. The average molecular weight is 220 g/mol. The molecule has 0 aliphatic rings. The predicted molar refractivity (Wildman–Crippen MR) is 72.3 cm³/mol. The van der Waals surface area contributed by atoms with Crippen LogP contribution < -0.4 is 10.2 Å². The fraction of sp³-hybridized carbons (Fsp3) is 0.571. The van der Waals surface area contributed by atoms with Gasteiger partial charge < -0.3 is 10.2 Å². The van der Waals surface area contributed by atoms with Crippen LogP contribution in [0.5, 0.6) is 0 Å². The maximum absolute atomic E-state index is 3.18. The first-order valence-electron chi connectivity index (χ1n) is 6.22. The number of benzene rings is 1. The zero-order valence-corrected chi connectivity index (χ0v) is 10.8. The van der Waals surface area contributed by atoms with E-state index in [1.807, 2.05) is 7.05 Å². The van der Waals surface area contributed by atoms with Gasteiger partial charge in [-0.2, -0.15) is 0 Å². The first-order chi connectivity index (χ1) is 7.77. The Kier molecular flexibility index (Phi) is 5.94. The zero-order valence-electron chi connectivity index (χ0n) is 10.8. The van der Waals surface area contributed by atoms with E-state index in [0.29, 0.717) is 0 Å². The number of hydrogen-bond acceptors (Lipinski definition) is 2. The maximum atomic E-state index is 3.18. The van der Waals surface area contributed by atoms with Crippen LogP contribution in [0.1, 0.15) is 25.3 Å². The molecule has 0 radical (unpaired) electrons. The van der Waals surface area contributed by atoms with Crippen molar-refractivity contribution in [1.29, 1.82) is 0 Å². The van der Waals surface area contributed by atoms with Crippen LogP contribution in [0, 0.1) is 0 Å². The molecule has 1 rings (SSSR count). The Morgan fingerprint density at radius 2 is 1.81 bits per heavy atom. The van der Waals surface area contributed by atoms with Gasteiger partial charge in [0, 0.05) is 19.3 Å². The van der Waals surface area contributed by atoms with Gasteiger partial charge >= 0.3 is 0 Å². The minimum Gasteiger partial charge on any atom is -0.375 e. The molecule has 2 heteroatoms. The van der Waals surface area contributed by atoms with Crippen molar-refractivity contribution in [2.24, 2.45) is 0 Å². The van der Waals surface area contributed by atoms with Gasteiger partial charge in [-0.3, -0.25) is 0 Å². The summed E-state index contributed by atoms with van der Waals surface area (Å²) in [7, 11) is 4.17. The van der Waals surface area contributed by atoms with Crippen LogP contribution >= 0.6 is 0 Å². The van der Waals surface area contributed by atoms with Gasteiger partial charge in [0.15, 0.2) is 0 Å². The van der Waals surface area contributed by atoms with Crippen molar-refractivity contribution in [3.63, 3.8) is 0 Å². The van der Waals surface area contributed by atoms with E-state index in [4.69, 9.17) is 0 Å². The SMILES string of the molecule is CCc1ccc(N(C)CCCCNC)cc1. The molecule has 0 aromatic heterocycles. The lowest BCUT2D eigenvalue weighted by Crippen LogP contribution is -2.19. The summed E-state index contributed by atoms with van der Waals surface area (Å²) < 4.78 is 0. The molecule has 0 fully saturated rings. The Morgan fingerprint density at radius 1 is 1.12 bits per heavy atom. The Balaban J connectivity index is 2.37. The van der Waals surface area contributed by atoms with Crippen LogP contribution in [0.15, 0.2) is 24.3 Å². The van der Waals surface area contributed by atoms with Crippen molar-refractivity contribution in [1.82, 2.24) is 5.32 Å². The summed E-state index contributed by atoms with van der Waals surface area (Å²) in [5.74, 6) is 0. The van der Waals surface area contributed by atoms with Crippen molar-refractivity contribution in [3.05, 3.63) is 29.8 Å². The van der Waals surface area contributed by atoms with Crippen LogP contribution in [0.2, 0.25) is 0 Å². The van der Waals surface area contributed by atoms with Crippen LogP contribution in [0.4, 0.5) is 5.69 Å². The number of unbranched alkanes of at least 4 members (excludes halogenated alkanes) is 1. The average Bonchev–Trinajstić information content (AvgIpc) is 2.34. The molecule has 0 bridgehead atoms. The number of nitrogens with one attached hydrogen (secondary N) is 1. The van der Waals surface area contributed by atoms with Crippen molar-refractivity contribution < 1.29 is 0 Å². The van der Waals surface area contributed by atoms with E-state index >= 15 is 0 Å². The van der Waals surface area contributed by atoms with Gasteiger partial charge in [-0.1, -0.05) is 19.1 Å². The molecule has 0 saturated heterocycles. The Morgan fingerprint density at radius 3 is 2.38 bits per heavy atom. The Labute approximate surface area is 99.7 Å². The molecular weight excluding hydrogens is 196 g/mol. The summed E-state index contributed by atoms with van der Waals surface area (Å²) >= 11 is 0. The molecule has 0 atom stereocenters. The fourth-order valence-corrected chi connectivity index (χ4v) is 1.77. The van der Waals surface area contributed by atoms with Crippen molar-refractivity contribution in [2.45, 2.75) is 26.2 Å². The van der Waals surface area contributed by atoms with Gasteiger partial charge in [-0.25, -0.2) is 0 Å².